The van der Waals surface area contributed by atoms with Crippen LogP contribution in [0.4, 0.5) is 4.39 Å². The highest BCUT2D eigenvalue weighted by Gasteiger charge is 2.24. The largest absolute Gasteiger partial charge is 0.489 e. The van der Waals surface area contributed by atoms with Crippen molar-refractivity contribution in [3.05, 3.63) is 105 Å². The Morgan fingerprint density at radius 2 is 1.78 bits per heavy atom. The molecule has 0 aliphatic carbocycles. The van der Waals surface area contributed by atoms with E-state index in [1.807, 2.05) is 0 Å². The van der Waals surface area contributed by atoms with Gasteiger partial charge in [0.05, 0.1) is 4.91 Å². The number of carbonyl (C=O) groups is 2. The molecule has 1 N–H and O–H groups in total. The Balaban J connectivity index is 1.40. The van der Waals surface area contributed by atoms with Crippen molar-refractivity contribution >= 4 is 46.4 Å². The highest BCUT2D eigenvalue weighted by Crippen LogP contribution is 2.27. The molecule has 1 heterocycles. The molecule has 0 saturated carbocycles. The van der Waals surface area contributed by atoms with Gasteiger partial charge in [-0.3, -0.25) is 9.59 Å². The fraction of sp³-hybridized carbons (Fsp3) is 0.0417. The average Bonchev–Trinajstić information content (AvgIpc) is 3.13. The van der Waals surface area contributed by atoms with E-state index in [0.29, 0.717) is 26.8 Å². The molecule has 0 unspecified atom stereocenters. The predicted molar refractivity (Wildman–Crippen MR) is 124 cm³/mol. The van der Waals surface area contributed by atoms with Gasteiger partial charge in [0.25, 0.3) is 11.8 Å². The normalized spacial score (nSPS) is 15.8. The molecule has 2 amide bonds. The highest BCUT2D eigenvalue weighted by molar-refractivity contribution is 8.18. The number of amides is 2. The molecule has 8 heteroatoms. The van der Waals surface area contributed by atoms with E-state index in [2.05, 4.69) is 10.3 Å². The molecule has 160 valence electrons. The van der Waals surface area contributed by atoms with Crippen LogP contribution in [0, 0.1) is 5.82 Å². The maximum Gasteiger partial charge on any atom is 0.279 e. The molecule has 0 aromatic heterocycles. The number of carbonyl (C=O) groups excluding carboxylic acids is 2. The summed E-state index contributed by atoms with van der Waals surface area (Å²) in [5.41, 5.74) is 1.61. The van der Waals surface area contributed by atoms with Gasteiger partial charge < -0.3 is 10.1 Å². The Hall–Kier alpha value is -3.42. The number of hydrogen-bond acceptors (Lipinski definition) is 4. The van der Waals surface area contributed by atoms with Crippen molar-refractivity contribution in [2.45, 2.75) is 6.61 Å². The maximum atomic E-state index is 13.7. The molecule has 1 aliphatic rings. The van der Waals surface area contributed by atoms with E-state index < -0.39 is 5.91 Å². The van der Waals surface area contributed by atoms with Crippen molar-refractivity contribution in [1.82, 2.24) is 5.32 Å². The van der Waals surface area contributed by atoms with Gasteiger partial charge in [-0.2, -0.15) is 4.99 Å². The minimum absolute atomic E-state index is 0.118. The first-order chi connectivity index (χ1) is 15.5. The van der Waals surface area contributed by atoms with E-state index in [1.54, 1.807) is 72.8 Å². The summed E-state index contributed by atoms with van der Waals surface area (Å²) < 4.78 is 19.3. The predicted octanol–water partition coefficient (Wildman–Crippen LogP) is 5.46. The molecule has 3 aromatic rings. The van der Waals surface area contributed by atoms with Crippen LogP contribution in [-0.4, -0.2) is 17.0 Å². The summed E-state index contributed by atoms with van der Waals surface area (Å²) in [5, 5.41) is 3.32. The molecule has 3 aromatic carbocycles. The maximum absolute atomic E-state index is 13.7. The van der Waals surface area contributed by atoms with E-state index in [4.69, 9.17) is 16.3 Å². The Bertz CT molecular complexity index is 1220. The number of nitrogens with one attached hydrogen (secondary N) is 1. The van der Waals surface area contributed by atoms with Crippen LogP contribution in [0.5, 0.6) is 5.75 Å². The van der Waals surface area contributed by atoms with Crippen LogP contribution in [0.25, 0.3) is 6.08 Å². The van der Waals surface area contributed by atoms with Gasteiger partial charge in [0.15, 0.2) is 5.17 Å². The zero-order valence-electron chi connectivity index (χ0n) is 16.5. The minimum atomic E-state index is -0.470. The third-order valence-electron chi connectivity index (χ3n) is 4.48. The molecule has 1 fully saturated rings. The summed E-state index contributed by atoms with van der Waals surface area (Å²) in [5.74, 6) is -0.542. The monoisotopic (exact) mass is 466 g/mol. The summed E-state index contributed by atoms with van der Waals surface area (Å²) in [4.78, 5) is 28.9. The Morgan fingerprint density at radius 1 is 1.06 bits per heavy atom. The van der Waals surface area contributed by atoms with Gasteiger partial charge in [-0.25, -0.2) is 4.39 Å². The second kappa shape index (κ2) is 9.80. The van der Waals surface area contributed by atoms with Gasteiger partial charge >= 0.3 is 0 Å². The van der Waals surface area contributed by atoms with Crippen molar-refractivity contribution in [2.24, 2.45) is 4.99 Å². The zero-order valence-corrected chi connectivity index (χ0v) is 18.1. The smallest absolute Gasteiger partial charge is 0.279 e. The van der Waals surface area contributed by atoms with Gasteiger partial charge in [-0.1, -0.05) is 41.9 Å². The van der Waals surface area contributed by atoms with Gasteiger partial charge in [0.2, 0.25) is 0 Å². The lowest BCUT2D eigenvalue weighted by molar-refractivity contribution is -0.115. The van der Waals surface area contributed by atoms with Gasteiger partial charge in [-0.05, 0) is 65.9 Å². The number of rotatable bonds is 5. The highest BCUT2D eigenvalue weighted by atomic mass is 35.5. The van der Waals surface area contributed by atoms with Crippen LogP contribution in [0.15, 0.2) is 82.7 Å². The summed E-state index contributed by atoms with van der Waals surface area (Å²) in [7, 11) is 0. The SMILES string of the molecule is O=C1NC(=NC(=O)c2ccc(Cl)cc2)S/C1=C\c1ccc(OCc2ccccc2F)cc1. The molecule has 0 bridgehead atoms. The van der Waals surface area contributed by atoms with E-state index in [9.17, 15) is 14.0 Å². The summed E-state index contributed by atoms with van der Waals surface area (Å²) >= 11 is 6.91. The van der Waals surface area contributed by atoms with Gasteiger partial charge in [-0.15, -0.1) is 0 Å². The van der Waals surface area contributed by atoms with E-state index in [0.717, 1.165) is 17.3 Å². The van der Waals surface area contributed by atoms with Crippen molar-refractivity contribution in [3.63, 3.8) is 0 Å². The lowest BCUT2D eigenvalue weighted by atomic mass is 10.2. The molecule has 32 heavy (non-hydrogen) atoms. The molecule has 1 saturated heterocycles. The van der Waals surface area contributed by atoms with Crippen LogP contribution in [0.2, 0.25) is 5.02 Å². The molecular weight excluding hydrogens is 451 g/mol. The Labute approximate surface area is 193 Å². The standard InChI is InChI=1S/C24H16ClFN2O3S/c25-18-9-7-16(8-10-18)22(29)27-24-28-23(30)21(32-24)13-15-5-11-19(12-6-15)31-14-17-3-1-2-4-20(17)26/h1-13H,14H2,(H,27,28,29,30)/b21-13-. The molecule has 4 rings (SSSR count). The first kappa shape index (κ1) is 21.8. The number of halogens is 2. The van der Waals surface area contributed by atoms with Crippen LogP contribution in [0.1, 0.15) is 21.5 Å². The number of benzene rings is 3. The minimum Gasteiger partial charge on any atom is -0.489 e. The first-order valence-electron chi connectivity index (χ1n) is 9.54. The van der Waals surface area contributed by atoms with E-state index in [-0.39, 0.29) is 23.5 Å². The molecule has 5 nitrogen and oxygen atoms in total. The van der Waals surface area contributed by atoms with Gasteiger partial charge in [0, 0.05) is 16.1 Å². The fourth-order valence-corrected chi connectivity index (χ4v) is 3.76. The fourth-order valence-electron chi connectivity index (χ4n) is 2.82. The summed E-state index contributed by atoms with van der Waals surface area (Å²) in [6.07, 6.45) is 1.69. The van der Waals surface area contributed by atoms with E-state index in [1.165, 1.54) is 6.07 Å². The van der Waals surface area contributed by atoms with Crippen molar-refractivity contribution in [1.29, 1.82) is 0 Å². The number of nitrogens with zero attached hydrogens (tertiary/aromatic N) is 1. The number of ether oxygens (including phenoxy) is 1. The molecule has 0 atom stereocenters. The topological polar surface area (TPSA) is 67.8 Å². The molecule has 1 aliphatic heterocycles. The first-order valence-corrected chi connectivity index (χ1v) is 10.7. The zero-order chi connectivity index (χ0) is 22.5. The van der Waals surface area contributed by atoms with Crippen LogP contribution in [0.3, 0.4) is 0 Å². The summed E-state index contributed by atoms with van der Waals surface area (Å²) in [6.45, 7) is 0.118. The quantitative estimate of drug-likeness (QED) is 0.507. The van der Waals surface area contributed by atoms with Crippen LogP contribution in [-0.2, 0) is 11.4 Å². The molecule has 0 spiro atoms. The van der Waals surface area contributed by atoms with Crippen LogP contribution < -0.4 is 10.1 Å². The Morgan fingerprint density at radius 3 is 2.50 bits per heavy atom. The third-order valence-corrected chi connectivity index (χ3v) is 5.64. The van der Waals surface area contributed by atoms with Crippen molar-refractivity contribution < 1.29 is 18.7 Å². The Kier molecular flexibility index (Phi) is 6.68. The second-order valence-electron chi connectivity index (χ2n) is 6.74. The average molecular weight is 467 g/mol. The number of thioether (sulfide) groups is 1. The number of amidine groups is 1. The third kappa shape index (κ3) is 5.43. The van der Waals surface area contributed by atoms with Crippen molar-refractivity contribution in [3.8, 4) is 5.75 Å². The summed E-state index contributed by atoms with van der Waals surface area (Å²) in [6, 6.07) is 19.8. The number of aliphatic imine (C=N–C) groups is 1. The second-order valence-corrected chi connectivity index (χ2v) is 8.21. The van der Waals surface area contributed by atoms with Crippen LogP contribution >= 0.6 is 23.4 Å². The molecular formula is C24H16ClFN2O3S. The number of hydrogen-bond donors (Lipinski definition) is 1. The van der Waals surface area contributed by atoms with Gasteiger partial charge in [0.1, 0.15) is 18.2 Å². The van der Waals surface area contributed by atoms with E-state index >= 15 is 0 Å². The lowest BCUT2D eigenvalue weighted by Crippen LogP contribution is -2.20. The van der Waals surface area contributed by atoms with Crippen molar-refractivity contribution in [2.75, 3.05) is 0 Å². The molecule has 0 radical (unpaired) electrons. The lowest BCUT2D eigenvalue weighted by Gasteiger charge is -2.07.